The summed E-state index contributed by atoms with van der Waals surface area (Å²) in [4.78, 5) is 14.1. The average molecular weight is 260 g/mol. The predicted octanol–water partition coefficient (Wildman–Crippen LogP) is 2.66. The van der Waals surface area contributed by atoms with E-state index in [0.29, 0.717) is 12.5 Å². The number of rotatable bonds is 6. The zero-order valence-corrected chi connectivity index (χ0v) is 12.2. The van der Waals surface area contributed by atoms with Gasteiger partial charge < -0.3 is 10.2 Å². The number of para-hydroxylation sites is 1. The van der Waals surface area contributed by atoms with Crippen LogP contribution in [0.1, 0.15) is 37.3 Å². The van der Waals surface area contributed by atoms with Crippen LogP contribution < -0.4 is 10.2 Å². The molecule has 1 amide bonds. The van der Waals surface area contributed by atoms with E-state index in [-0.39, 0.29) is 5.91 Å². The summed E-state index contributed by atoms with van der Waals surface area (Å²) in [6.45, 7) is 4.99. The fourth-order valence-electron chi connectivity index (χ4n) is 2.45. The number of anilines is 1. The van der Waals surface area contributed by atoms with Gasteiger partial charge in [0, 0.05) is 31.7 Å². The molecule has 0 aliphatic heterocycles. The second kappa shape index (κ2) is 6.20. The third-order valence-electron chi connectivity index (χ3n) is 3.76. The van der Waals surface area contributed by atoms with Gasteiger partial charge in [0.15, 0.2) is 0 Å². The standard InChI is InChI=1S/C16H24N2O/c1-4-13-7-5-6-12(2)16(13)18(3)15(19)10-11-17-14-8-9-14/h5-7,14,17H,4,8-11H2,1-3H3. The molecule has 3 heteroatoms. The molecule has 104 valence electrons. The third-order valence-corrected chi connectivity index (χ3v) is 3.76. The van der Waals surface area contributed by atoms with E-state index in [1.54, 1.807) is 0 Å². The minimum atomic E-state index is 0.192. The van der Waals surface area contributed by atoms with Crippen LogP contribution in [0, 0.1) is 6.92 Å². The van der Waals surface area contributed by atoms with Crippen LogP contribution >= 0.6 is 0 Å². The normalized spacial score (nSPS) is 14.5. The maximum Gasteiger partial charge on any atom is 0.228 e. The molecule has 0 spiro atoms. The van der Waals surface area contributed by atoms with E-state index in [2.05, 4.69) is 37.4 Å². The maximum atomic E-state index is 12.3. The highest BCUT2D eigenvalue weighted by Gasteiger charge is 2.21. The van der Waals surface area contributed by atoms with Gasteiger partial charge in [-0.05, 0) is 37.3 Å². The first-order valence-electron chi connectivity index (χ1n) is 7.22. The Hall–Kier alpha value is -1.35. The van der Waals surface area contributed by atoms with Crippen molar-refractivity contribution < 1.29 is 4.79 Å². The zero-order chi connectivity index (χ0) is 13.8. The Morgan fingerprint density at radius 3 is 2.79 bits per heavy atom. The van der Waals surface area contributed by atoms with Crippen molar-refractivity contribution in [1.29, 1.82) is 0 Å². The molecule has 1 aliphatic carbocycles. The molecule has 0 radical (unpaired) electrons. The SMILES string of the molecule is CCc1cccc(C)c1N(C)C(=O)CCNC1CC1. The number of aryl methyl sites for hydroxylation is 2. The Kier molecular flexibility index (Phi) is 4.59. The van der Waals surface area contributed by atoms with E-state index >= 15 is 0 Å². The predicted molar refractivity (Wildman–Crippen MR) is 79.6 cm³/mol. The number of amides is 1. The Labute approximate surface area is 116 Å². The van der Waals surface area contributed by atoms with Crippen molar-refractivity contribution in [2.45, 2.75) is 45.6 Å². The second-order valence-corrected chi connectivity index (χ2v) is 5.37. The van der Waals surface area contributed by atoms with Crippen LogP contribution in [0.2, 0.25) is 0 Å². The number of nitrogens with zero attached hydrogens (tertiary/aromatic N) is 1. The van der Waals surface area contributed by atoms with Gasteiger partial charge in [-0.25, -0.2) is 0 Å². The molecule has 1 saturated carbocycles. The van der Waals surface area contributed by atoms with Crippen molar-refractivity contribution in [3.8, 4) is 0 Å². The second-order valence-electron chi connectivity index (χ2n) is 5.37. The van der Waals surface area contributed by atoms with Gasteiger partial charge in [0.2, 0.25) is 5.91 Å². The van der Waals surface area contributed by atoms with Gasteiger partial charge in [0.25, 0.3) is 0 Å². The van der Waals surface area contributed by atoms with Crippen LogP contribution in [-0.2, 0) is 11.2 Å². The molecule has 2 rings (SSSR count). The van der Waals surface area contributed by atoms with Crippen LogP contribution in [-0.4, -0.2) is 25.5 Å². The molecule has 1 aliphatic rings. The lowest BCUT2D eigenvalue weighted by Gasteiger charge is -2.22. The summed E-state index contributed by atoms with van der Waals surface area (Å²) >= 11 is 0. The lowest BCUT2D eigenvalue weighted by Crippen LogP contribution is -2.31. The fourth-order valence-corrected chi connectivity index (χ4v) is 2.45. The van der Waals surface area contributed by atoms with Crippen LogP contribution in [0.5, 0.6) is 0 Å². The van der Waals surface area contributed by atoms with Crippen molar-refractivity contribution in [3.05, 3.63) is 29.3 Å². The summed E-state index contributed by atoms with van der Waals surface area (Å²) in [7, 11) is 1.89. The molecule has 0 heterocycles. The van der Waals surface area contributed by atoms with Crippen LogP contribution in [0.25, 0.3) is 0 Å². The van der Waals surface area contributed by atoms with Gasteiger partial charge in [0.05, 0.1) is 0 Å². The summed E-state index contributed by atoms with van der Waals surface area (Å²) in [6.07, 6.45) is 4.06. The molecule has 0 bridgehead atoms. The van der Waals surface area contributed by atoms with Gasteiger partial charge in [-0.2, -0.15) is 0 Å². The van der Waals surface area contributed by atoms with Gasteiger partial charge in [-0.1, -0.05) is 25.1 Å². The van der Waals surface area contributed by atoms with E-state index in [9.17, 15) is 4.79 Å². The summed E-state index contributed by atoms with van der Waals surface area (Å²) in [5.41, 5.74) is 3.50. The van der Waals surface area contributed by atoms with Gasteiger partial charge in [-0.3, -0.25) is 4.79 Å². The summed E-state index contributed by atoms with van der Waals surface area (Å²) in [5, 5.41) is 3.39. The molecule has 0 saturated heterocycles. The summed E-state index contributed by atoms with van der Waals surface area (Å²) in [5.74, 6) is 0.192. The molecular weight excluding hydrogens is 236 g/mol. The first-order valence-corrected chi connectivity index (χ1v) is 7.22. The van der Waals surface area contributed by atoms with Crippen molar-refractivity contribution in [3.63, 3.8) is 0 Å². The van der Waals surface area contributed by atoms with E-state index in [1.807, 2.05) is 11.9 Å². The molecule has 19 heavy (non-hydrogen) atoms. The first-order chi connectivity index (χ1) is 9.13. The number of carbonyl (C=O) groups is 1. The number of benzene rings is 1. The molecule has 1 aromatic carbocycles. The first kappa shape index (κ1) is 14.1. The van der Waals surface area contributed by atoms with E-state index < -0.39 is 0 Å². The zero-order valence-electron chi connectivity index (χ0n) is 12.2. The minimum Gasteiger partial charge on any atom is -0.315 e. The summed E-state index contributed by atoms with van der Waals surface area (Å²) < 4.78 is 0. The molecular formula is C16H24N2O. The lowest BCUT2D eigenvalue weighted by atomic mass is 10.0. The molecule has 0 aromatic heterocycles. The van der Waals surface area contributed by atoms with Crippen LogP contribution in [0.4, 0.5) is 5.69 Å². The van der Waals surface area contributed by atoms with Gasteiger partial charge >= 0.3 is 0 Å². The molecule has 0 unspecified atom stereocenters. The van der Waals surface area contributed by atoms with Crippen LogP contribution in [0.3, 0.4) is 0 Å². The van der Waals surface area contributed by atoms with E-state index in [0.717, 1.165) is 18.7 Å². The highest BCUT2D eigenvalue weighted by atomic mass is 16.2. The molecule has 1 fully saturated rings. The topological polar surface area (TPSA) is 32.3 Å². The minimum absolute atomic E-state index is 0.192. The van der Waals surface area contributed by atoms with Crippen LogP contribution in [0.15, 0.2) is 18.2 Å². The smallest absolute Gasteiger partial charge is 0.228 e. The van der Waals surface area contributed by atoms with Crippen molar-refractivity contribution >= 4 is 11.6 Å². The summed E-state index contributed by atoms with van der Waals surface area (Å²) in [6, 6.07) is 6.91. The van der Waals surface area contributed by atoms with E-state index in [4.69, 9.17) is 0 Å². The number of hydrogen-bond donors (Lipinski definition) is 1. The Morgan fingerprint density at radius 2 is 2.16 bits per heavy atom. The third kappa shape index (κ3) is 3.57. The van der Waals surface area contributed by atoms with E-state index in [1.165, 1.54) is 24.0 Å². The molecule has 0 atom stereocenters. The maximum absolute atomic E-state index is 12.3. The van der Waals surface area contributed by atoms with Crippen molar-refractivity contribution in [2.75, 3.05) is 18.5 Å². The highest BCUT2D eigenvalue weighted by Crippen LogP contribution is 2.25. The molecule has 3 nitrogen and oxygen atoms in total. The lowest BCUT2D eigenvalue weighted by molar-refractivity contribution is -0.118. The quantitative estimate of drug-likeness (QED) is 0.853. The average Bonchev–Trinajstić information content (AvgIpc) is 3.21. The van der Waals surface area contributed by atoms with Crippen molar-refractivity contribution in [2.24, 2.45) is 0 Å². The Bertz CT molecular complexity index is 452. The number of carbonyl (C=O) groups excluding carboxylic acids is 1. The molecule has 1 N–H and O–H groups in total. The monoisotopic (exact) mass is 260 g/mol. The van der Waals surface area contributed by atoms with Crippen molar-refractivity contribution in [1.82, 2.24) is 5.32 Å². The van der Waals surface area contributed by atoms with Gasteiger partial charge in [0.1, 0.15) is 0 Å². The Morgan fingerprint density at radius 1 is 1.42 bits per heavy atom. The largest absolute Gasteiger partial charge is 0.315 e. The number of hydrogen-bond acceptors (Lipinski definition) is 2. The molecule has 1 aromatic rings. The Balaban J connectivity index is 2.00. The highest BCUT2D eigenvalue weighted by molar-refractivity contribution is 5.94. The number of nitrogens with one attached hydrogen (secondary N) is 1. The van der Waals surface area contributed by atoms with Gasteiger partial charge in [-0.15, -0.1) is 0 Å². The fraction of sp³-hybridized carbons (Fsp3) is 0.562.